The predicted octanol–water partition coefficient (Wildman–Crippen LogP) is 4.46. The summed E-state index contributed by atoms with van der Waals surface area (Å²) >= 11 is 0. The van der Waals surface area contributed by atoms with Crippen molar-refractivity contribution in [3.05, 3.63) is 103 Å². The smallest absolute Gasteiger partial charge is 0.372 e. The van der Waals surface area contributed by atoms with Crippen LogP contribution < -0.4 is 13.9 Å². The lowest BCUT2D eigenvalue weighted by Gasteiger charge is -2.28. The van der Waals surface area contributed by atoms with E-state index in [4.69, 9.17) is 14.7 Å². The Labute approximate surface area is 197 Å². The van der Waals surface area contributed by atoms with Crippen molar-refractivity contribution < 1.29 is 13.9 Å². The van der Waals surface area contributed by atoms with Crippen molar-refractivity contribution in [3.8, 4) is 22.8 Å². The number of nitrogens with zero attached hydrogens (tertiary/aromatic N) is 5. The largest absolute Gasteiger partial charge is 0.456 e. The number of fused-ring (bicyclic) bond motifs is 8. The summed E-state index contributed by atoms with van der Waals surface area (Å²) in [6.45, 7) is 0. The Kier molecular flexibility index (Phi) is 2.45. The number of para-hydroxylation sites is 2. The number of rotatable bonds is 0. The number of ether oxygens (including phenoxy) is 1. The van der Waals surface area contributed by atoms with E-state index in [9.17, 15) is 0 Å². The molecule has 1 unspecified atom stereocenters. The molecule has 3 aliphatic rings. The fourth-order valence-electron chi connectivity index (χ4n) is 7.01. The number of imidazole rings is 1. The van der Waals surface area contributed by atoms with Crippen molar-refractivity contribution in [2.75, 3.05) is 0 Å². The SMILES string of the molecule is c1cc2c3c(c1)-c1cccc[n+]1C31c3c(ccc4c5nccnc5n5c6ccccc6[n+]1c5c34)O2. The van der Waals surface area contributed by atoms with Gasteiger partial charge in [-0.3, -0.25) is 0 Å². The second-order valence-electron chi connectivity index (χ2n) is 9.48. The highest BCUT2D eigenvalue weighted by Crippen LogP contribution is 2.57. The molecule has 4 aromatic heterocycles. The van der Waals surface area contributed by atoms with Crippen molar-refractivity contribution >= 4 is 38.6 Å². The van der Waals surface area contributed by atoms with Crippen molar-refractivity contribution in [2.24, 2.45) is 0 Å². The molecular weight excluding hydrogens is 434 g/mol. The third-order valence-corrected chi connectivity index (χ3v) is 8.08. The molecule has 0 saturated heterocycles. The zero-order valence-corrected chi connectivity index (χ0v) is 18.3. The molecule has 0 amide bonds. The van der Waals surface area contributed by atoms with Gasteiger partial charge in [-0.05, 0) is 42.5 Å². The zero-order valence-electron chi connectivity index (χ0n) is 18.3. The minimum Gasteiger partial charge on any atom is -0.456 e. The maximum atomic E-state index is 6.63. The molecular formula is C29H15N5O+2. The van der Waals surface area contributed by atoms with Gasteiger partial charge in [0, 0.05) is 29.9 Å². The molecule has 0 fully saturated rings. The molecule has 0 radical (unpaired) electrons. The van der Waals surface area contributed by atoms with Gasteiger partial charge in [-0.2, -0.15) is 4.40 Å². The van der Waals surface area contributed by atoms with Crippen LogP contribution in [-0.4, -0.2) is 14.4 Å². The molecule has 10 rings (SSSR count). The van der Waals surface area contributed by atoms with Crippen LogP contribution in [-0.2, 0) is 5.66 Å². The molecule has 1 spiro atoms. The van der Waals surface area contributed by atoms with E-state index in [0.29, 0.717) is 0 Å². The number of pyridine rings is 2. The molecule has 35 heavy (non-hydrogen) atoms. The van der Waals surface area contributed by atoms with Gasteiger partial charge in [0.25, 0.3) is 5.65 Å². The summed E-state index contributed by atoms with van der Waals surface area (Å²) in [5.41, 5.74) is 9.33. The zero-order chi connectivity index (χ0) is 22.5. The highest BCUT2D eigenvalue weighted by Gasteiger charge is 2.68. The van der Waals surface area contributed by atoms with Crippen LogP contribution in [0.25, 0.3) is 49.9 Å². The van der Waals surface area contributed by atoms with Crippen LogP contribution in [0.2, 0.25) is 0 Å². The van der Waals surface area contributed by atoms with E-state index in [-0.39, 0.29) is 0 Å². The lowest BCUT2D eigenvalue weighted by Crippen LogP contribution is -2.71. The number of hydrogen-bond donors (Lipinski definition) is 0. The molecule has 7 heterocycles. The first-order chi connectivity index (χ1) is 17.4. The van der Waals surface area contributed by atoms with Crippen LogP contribution in [0, 0.1) is 0 Å². The molecule has 7 aromatic rings. The first-order valence-corrected chi connectivity index (χ1v) is 11.8. The summed E-state index contributed by atoms with van der Waals surface area (Å²) in [6.07, 6.45) is 5.77. The van der Waals surface area contributed by atoms with Crippen LogP contribution in [0.1, 0.15) is 11.1 Å². The van der Waals surface area contributed by atoms with Crippen molar-refractivity contribution in [2.45, 2.75) is 5.66 Å². The Balaban J connectivity index is 1.63. The van der Waals surface area contributed by atoms with Gasteiger partial charge in [0.05, 0.1) is 10.9 Å². The summed E-state index contributed by atoms with van der Waals surface area (Å²) in [7, 11) is 0. The molecule has 160 valence electrons. The van der Waals surface area contributed by atoms with E-state index >= 15 is 0 Å². The van der Waals surface area contributed by atoms with E-state index in [0.717, 1.165) is 44.7 Å². The highest BCUT2D eigenvalue weighted by atomic mass is 16.5. The molecule has 0 saturated carbocycles. The minimum absolute atomic E-state index is 0.594. The van der Waals surface area contributed by atoms with Crippen LogP contribution in [0.5, 0.6) is 11.5 Å². The molecule has 6 heteroatoms. The number of hydrogen-bond acceptors (Lipinski definition) is 3. The predicted molar refractivity (Wildman–Crippen MR) is 129 cm³/mol. The Morgan fingerprint density at radius 2 is 1.69 bits per heavy atom. The van der Waals surface area contributed by atoms with E-state index in [1.54, 1.807) is 12.4 Å². The molecule has 0 N–H and O–H groups in total. The average molecular weight is 449 g/mol. The third kappa shape index (κ3) is 1.51. The second kappa shape index (κ2) is 5.13. The number of aromatic nitrogens is 5. The molecule has 6 nitrogen and oxygen atoms in total. The highest BCUT2D eigenvalue weighted by molar-refractivity contribution is 6.13. The van der Waals surface area contributed by atoms with Gasteiger partial charge in [0.2, 0.25) is 5.69 Å². The minimum atomic E-state index is -0.594. The molecule has 1 atom stereocenters. The Bertz CT molecular complexity index is 2160. The van der Waals surface area contributed by atoms with Gasteiger partial charge in [-0.25, -0.2) is 9.97 Å². The van der Waals surface area contributed by atoms with Gasteiger partial charge < -0.3 is 4.74 Å². The van der Waals surface area contributed by atoms with Crippen molar-refractivity contribution in [1.82, 2.24) is 14.4 Å². The number of benzene rings is 3. The first-order valence-electron chi connectivity index (χ1n) is 11.8. The van der Waals surface area contributed by atoms with Crippen LogP contribution in [0.15, 0.2) is 91.4 Å². The fraction of sp³-hybridized carbons (Fsp3) is 0.0345. The van der Waals surface area contributed by atoms with Gasteiger partial charge >= 0.3 is 11.3 Å². The maximum Gasteiger partial charge on any atom is 0.372 e. The quantitative estimate of drug-likeness (QED) is 0.254. The first kappa shape index (κ1) is 16.7. The van der Waals surface area contributed by atoms with Gasteiger partial charge in [0.15, 0.2) is 17.2 Å². The Hall–Kier alpha value is -4.84. The third-order valence-electron chi connectivity index (χ3n) is 8.08. The summed E-state index contributed by atoms with van der Waals surface area (Å²) in [5.74, 6) is 1.80. The molecule has 3 aromatic carbocycles. The van der Waals surface area contributed by atoms with Gasteiger partial charge in [0.1, 0.15) is 28.1 Å². The van der Waals surface area contributed by atoms with Crippen molar-refractivity contribution in [1.29, 1.82) is 0 Å². The Morgan fingerprint density at radius 1 is 0.800 bits per heavy atom. The maximum absolute atomic E-state index is 6.63. The van der Waals surface area contributed by atoms with Crippen LogP contribution in [0.3, 0.4) is 0 Å². The molecule has 0 aliphatic carbocycles. The van der Waals surface area contributed by atoms with Gasteiger partial charge in [-0.1, -0.05) is 18.2 Å². The summed E-state index contributed by atoms with van der Waals surface area (Å²) in [4.78, 5) is 9.65. The fourth-order valence-corrected chi connectivity index (χ4v) is 7.01. The van der Waals surface area contributed by atoms with Gasteiger partial charge in [-0.15, -0.1) is 9.13 Å². The summed E-state index contributed by atoms with van der Waals surface area (Å²) in [5, 5.41) is 2.28. The monoisotopic (exact) mass is 449 g/mol. The summed E-state index contributed by atoms with van der Waals surface area (Å²) in [6, 6.07) is 25.7. The summed E-state index contributed by atoms with van der Waals surface area (Å²) < 4.78 is 13.9. The Morgan fingerprint density at radius 3 is 2.69 bits per heavy atom. The topological polar surface area (TPSA) is 47.2 Å². The van der Waals surface area contributed by atoms with E-state index < -0.39 is 5.66 Å². The van der Waals surface area contributed by atoms with Crippen LogP contribution in [0.4, 0.5) is 0 Å². The molecule has 0 bridgehead atoms. The van der Waals surface area contributed by atoms with Crippen LogP contribution >= 0.6 is 0 Å². The standard InChI is InChI=1S/C29H15N5O/c1-2-9-20-19(8-1)33-27-26(30-13-14-31-27)17-11-12-22-25-23(17)28(33)34(20)29(25)24-16(6-5-10-21(24)35-22)18-7-3-4-15-32(18)29/h1-15H/q+2. The lowest BCUT2D eigenvalue weighted by molar-refractivity contribution is -0.940. The second-order valence-corrected chi connectivity index (χ2v) is 9.48. The normalized spacial score (nSPS) is 18.1. The van der Waals surface area contributed by atoms with E-state index in [1.807, 2.05) is 0 Å². The van der Waals surface area contributed by atoms with Crippen molar-refractivity contribution in [3.63, 3.8) is 0 Å². The molecule has 3 aliphatic heterocycles. The average Bonchev–Trinajstić information content (AvgIpc) is 3.53. The lowest BCUT2D eigenvalue weighted by atomic mass is 9.86. The van der Waals surface area contributed by atoms with E-state index in [1.165, 1.54) is 27.8 Å². The van der Waals surface area contributed by atoms with E-state index in [2.05, 4.69) is 92.5 Å².